The number of anilines is 2. The summed E-state index contributed by atoms with van der Waals surface area (Å²) in [6.45, 7) is 4.08. The second-order valence-corrected chi connectivity index (χ2v) is 4.93. The minimum absolute atomic E-state index is 0.0622. The van der Waals surface area contributed by atoms with Crippen LogP contribution in [0.15, 0.2) is 36.5 Å². The van der Waals surface area contributed by atoms with E-state index in [0.29, 0.717) is 17.1 Å². The zero-order valence-corrected chi connectivity index (χ0v) is 12.4. The van der Waals surface area contributed by atoms with Gasteiger partial charge in [0.05, 0.1) is 24.6 Å². The van der Waals surface area contributed by atoms with Crippen molar-refractivity contribution < 1.29 is 9.53 Å². The number of rotatable bonds is 4. The second kappa shape index (κ2) is 6.26. The highest BCUT2D eigenvalue weighted by Crippen LogP contribution is 2.21. The number of aromatic nitrogens is 1. The first-order valence-corrected chi connectivity index (χ1v) is 6.68. The van der Waals surface area contributed by atoms with Crippen molar-refractivity contribution in [2.75, 3.05) is 18.2 Å². The zero-order valence-electron chi connectivity index (χ0n) is 12.4. The van der Waals surface area contributed by atoms with Gasteiger partial charge in [0.1, 0.15) is 5.82 Å². The Hall–Kier alpha value is -2.56. The Labute approximate surface area is 124 Å². The van der Waals surface area contributed by atoms with Crippen molar-refractivity contribution in [3.8, 4) is 0 Å². The highest BCUT2D eigenvalue weighted by atomic mass is 16.5. The highest BCUT2D eigenvalue weighted by Gasteiger charge is 2.13. The summed E-state index contributed by atoms with van der Waals surface area (Å²) in [6, 6.07) is 9.91. The standard InChI is InChI=1S/C16H19N3O2/c1-10-4-6-12(7-5-10)11(2)19-15-8-13(16(20)21-3)14(17)9-18-15/h4-9,11H,17H2,1-3H3,(H,18,19). The fraction of sp³-hybridized carbons (Fsp3) is 0.250. The zero-order chi connectivity index (χ0) is 15.4. The number of nitrogens with one attached hydrogen (secondary N) is 1. The molecule has 0 aliphatic heterocycles. The van der Waals surface area contributed by atoms with E-state index in [1.54, 1.807) is 6.07 Å². The number of nitrogens with zero attached hydrogens (tertiary/aromatic N) is 1. The minimum atomic E-state index is -0.471. The molecule has 21 heavy (non-hydrogen) atoms. The van der Waals surface area contributed by atoms with E-state index in [1.807, 2.05) is 13.8 Å². The molecule has 110 valence electrons. The molecule has 0 radical (unpaired) electrons. The monoisotopic (exact) mass is 285 g/mol. The first kappa shape index (κ1) is 14.8. The topological polar surface area (TPSA) is 77.2 Å². The van der Waals surface area contributed by atoms with Crippen molar-refractivity contribution in [1.82, 2.24) is 4.98 Å². The third kappa shape index (κ3) is 3.51. The van der Waals surface area contributed by atoms with Crippen LogP contribution in [0.4, 0.5) is 11.5 Å². The van der Waals surface area contributed by atoms with Crippen LogP contribution in [0.5, 0.6) is 0 Å². The lowest BCUT2D eigenvalue weighted by Gasteiger charge is -2.16. The molecule has 0 aliphatic rings. The number of hydrogen-bond acceptors (Lipinski definition) is 5. The molecule has 0 saturated heterocycles. The summed E-state index contributed by atoms with van der Waals surface area (Å²) in [6.07, 6.45) is 1.45. The van der Waals surface area contributed by atoms with Gasteiger partial charge in [-0.25, -0.2) is 9.78 Å². The van der Waals surface area contributed by atoms with Gasteiger partial charge in [0.25, 0.3) is 0 Å². The maximum Gasteiger partial charge on any atom is 0.340 e. The number of methoxy groups -OCH3 is 1. The van der Waals surface area contributed by atoms with Gasteiger partial charge in [-0.05, 0) is 25.5 Å². The van der Waals surface area contributed by atoms with E-state index in [2.05, 4.69) is 34.6 Å². The van der Waals surface area contributed by atoms with Crippen molar-refractivity contribution in [2.45, 2.75) is 19.9 Å². The number of benzene rings is 1. The Balaban J connectivity index is 2.19. The summed E-state index contributed by atoms with van der Waals surface area (Å²) in [5.74, 6) is 0.110. The van der Waals surface area contributed by atoms with Crippen molar-refractivity contribution in [2.24, 2.45) is 0 Å². The lowest BCUT2D eigenvalue weighted by molar-refractivity contribution is 0.0602. The van der Waals surface area contributed by atoms with Gasteiger partial charge in [-0.1, -0.05) is 29.8 Å². The van der Waals surface area contributed by atoms with Crippen LogP contribution in [-0.4, -0.2) is 18.1 Å². The fourth-order valence-corrected chi connectivity index (χ4v) is 1.99. The molecule has 0 saturated carbocycles. The SMILES string of the molecule is COC(=O)c1cc(NC(C)c2ccc(C)cc2)ncc1N. The van der Waals surface area contributed by atoms with Crippen LogP contribution in [0, 0.1) is 6.92 Å². The largest absolute Gasteiger partial charge is 0.465 e. The molecule has 2 rings (SSSR count). The highest BCUT2D eigenvalue weighted by molar-refractivity contribution is 5.95. The lowest BCUT2D eigenvalue weighted by Crippen LogP contribution is -2.11. The van der Waals surface area contributed by atoms with Crippen molar-refractivity contribution in [3.05, 3.63) is 53.2 Å². The normalized spacial score (nSPS) is 11.8. The molecule has 0 amide bonds. The van der Waals surface area contributed by atoms with E-state index >= 15 is 0 Å². The molecule has 1 aromatic heterocycles. The van der Waals surface area contributed by atoms with Crippen LogP contribution >= 0.6 is 0 Å². The second-order valence-electron chi connectivity index (χ2n) is 4.93. The number of hydrogen-bond donors (Lipinski definition) is 2. The van der Waals surface area contributed by atoms with Crippen LogP contribution in [0.1, 0.15) is 34.5 Å². The molecule has 1 heterocycles. The molecule has 0 bridgehead atoms. The van der Waals surface area contributed by atoms with Gasteiger partial charge in [-0.2, -0.15) is 0 Å². The molecule has 0 spiro atoms. The predicted octanol–water partition coefficient (Wildman–Crippen LogP) is 2.93. The summed E-state index contributed by atoms with van der Waals surface area (Å²) in [5.41, 5.74) is 8.70. The molecule has 0 aliphatic carbocycles. The van der Waals surface area contributed by atoms with E-state index in [-0.39, 0.29) is 6.04 Å². The van der Waals surface area contributed by atoms with E-state index in [9.17, 15) is 4.79 Å². The Morgan fingerprint density at radius 2 is 2.00 bits per heavy atom. The molecule has 1 aromatic carbocycles. The quantitative estimate of drug-likeness (QED) is 0.845. The number of carbonyl (C=O) groups excluding carboxylic acids is 1. The van der Waals surface area contributed by atoms with Crippen molar-refractivity contribution in [3.63, 3.8) is 0 Å². The number of pyridine rings is 1. The molecule has 5 heteroatoms. The fourth-order valence-electron chi connectivity index (χ4n) is 1.99. The molecule has 1 atom stereocenters. The Bertz CT molecular complexity index is 638. The number of ether oxygens (including phenoxy) is 1. The molecular formula is C16H19N3O2. The maximum absolute atomic E-state index is 11.6. The number of carbonyl (C=O) groups is 1. The Kier molecular flexibility index (Phi) is 4.42. The van der Waals surface area contributed by atoms with Crippen LogP contribution in [0.3, 0.4) is 0 Å². The van der Waals surface area contributed by atoms with Gasteiger partial charge < -0.3 is 15.8 Å². The van der Waals surface area contributed by atoms with Gasteiger partial charge in [0.15, 0.2) is 0 Å². The number of nitrogens with two attached hydrogens (primary N) is 1. The summed E-state index contributed by atoms with van der Waals surface area (Å²) < 4.78 is 4.70. The summed E-state index contributed by atoms with van der Waals surface area (Å²) in [4.78, 5) is 15.8. The van der Waals surface area contributed by atoms with Gasteiger partial charge in [-0.3, -0.25) is 0 Å². The average Bonchev–Trinajstić information content (AvgIpc) is 2.49. The smallest absolute Gasteiger partial charge is 0.340 e. The predicted molar refractivity (Wildman–Crippen MR) is 83.2 cm³/mol. The molecular weight excluding hydrogens is 266 g/mol. The molecule has 3 N–H and O–H groups in total. The molecule has 0 fully saturated rings. The van der Waals surface area contributed by atoms with Gasteiger partial charge in [0.2, 0.25) is 0 Å². The Morgan fingerprint density at radius 3 is 2.62 bits per heavy atom. The molecule has 1 unspecified atom stereocenters. The number of nitrogen functional groups attached to an aromatic ring is 1. The molecule has 5 nitrogen and oxygen atoms in total. The third-order valence-corrected chi connectivity index (χ3v) is 3.28. The van der Waals surface area contributed by atoms with Gasteiger partial charge in [-0.15, -0.1) is 0 Å². The Morgan fingerprint density at radius 1 is 1.33 bits per heavy atom. The maximum atomic E-state index is 11.6. The van der Waals surface area contributed by atoms with Crippen molar-refractivity contribution >= 4 is 17.5 Å². The summed E-state index contributed by atoms with van der Waals surface area (Å²) >= 11 is 0. The van der Waals surface area contributed by atoms with Crippen molar-refractivity contribution in [1.29, 1.82) is 0 Å². The van der Waals surface area contributed by atoms with Crippen LogP contribution < -0.4 is 11.1 Å². The number of aryl methyl sites for hydroxylation is 1. The average molecular weight is 285 g/mol. The minimum Gasteiger partial charge on any atom is -0.465 e. The van der Waals surface area contributed by atoms with Crippen LogP contribution in [0.2, 0.25) is 0 Å². The molecule has 2 aromatic rings. The van der Waals surface area contributed by atoms with E-state index in [0.717, 1.165) is 5.56 Å². The third-order valence-electron chi connectivity index (χ3n) is 3.28. The van der Waals surface area contributed by atoms with Crippen LogP contribution in [-0.2, 0) is 4.74 Å². The van der Waals surface area contributed by atoms with E-state index in [1.165, 1.54) is 18.9 Å². The van der Waals surface area contributed by atoms with E-state index in [4.69, 9.17) is 10.5 Å². The lowest BCUT2D eigenvalue weighted by atomic mass is 10.1. The van der Waals surface area contributed by atoms with E-state index < -0.39 is 5.97 Å². The first-order valence-electron chi connectivity index (χ1n) is 6.68. The first-order chi connectivity index (χ1) is 10.0. The number of esters is 1. The summed E-state index contributed by atoms with van der Waals surface area (Å²) in [5, 5.41) is 3.25. The summed E-state index contributed by atoms with van der Waals surface area (Å²) in [7, 11) is 1.32. The van der Waals surface area contributed by atoms with Gasteiger partial charge in [0, 0.05) is 6.04 Å². The van der Waals surface area contributed by atoms with Gasteiger partial charge >= 0.3 is 5.97 Å². The van der Waals surface area contributed by atoms with Crippen LogP contribution in [0.25, 0.3) is 0 Å².